The fraction of sp³-hybridized carbons (Fsp3) is 0.633. The summed E-state index contributed by atoms with van der Waals surface area (Å²) >= 11 is 0. The highest BCUT2D eigenvalue weighted by Gasteiger charge is 2.60. The van der Waals surface area contributed by atoms with Gasteiger partial charge < -0.3 is 0 Å². The lowest BCUT2D eigenvalue weighted by Gasteiger charge is -2.58. The Morgan fingerprint density at radius 1 is 1.09 bits per heavy atom. The lowest BCUT2D eigenvalue weighted by Crippen LogP contribution is -2.51. The van der Waals surface area contributed by atoms with Crippen LogP contribution in [0, 0.1) is 34.5 Å². The molecule has 176 valence electrons. The van der Waals surface area contributed by atoms with Crippen LogP contribution in [0.2, 0.25) is 0 Å². The Morgan fingerprint density at radius 3 is 2.61 bits per heavy atom. The average Bonchev–Trinajstić information content (AvgIpc) is 3.20. The van der Waals surface area contributed by atoms with Crippen LogP contribution in [-0.4, -0.2) is 17.9 Å². The van der Waals surface area contributed by atoms with E-state index < -0.39 is 0 Å². The number of fused-ring (bicyclic) bond motifs is 5. The Morgan fingerprint density at radius 2 is 1.88 bits per heavy atom. The van der Waals surface area contributed by atoms with Crippen LogP contribution in [0.5, 0.6) is 0 Å². The molecule has 1 aromatic rings. The Hall–Kier alpha value is -2.03. The molecule has 3 saturated carbocycles. The monoisotopic (exact) mass is 446 g/mol. The van der Waals surface area contributed by atoms with E-state index in [1.165, 1.54) is 30.4 Å². The van der Waals surface area contributed by atoms with Gasteiger partial charge in [0.05, 0.1) is 0 Å². The van der Waals surface area contributed by atoms with Crippen molar-refractivity contribution in [1.29, 1.82) is 0 Å². The van der Waals surface area contributed by atoms with Crippen LogP contribution in [0.3, 0.4) is 0 Å². The van der Waals surface area contributed by atoms with E-state index in [1.54, 1.807) is 0 Å². The van der Waals surface area contributed by atoms with Gasteiger partial charge in [0.15, 0.2) is 0 Å². The minimum Gasteiger partial charge on any atom is -0.300 e. The number of benzene rings is 1. The van der Waals surface area contributed by atoms with E-state index >= 15 is 0 Å². The van der Waals surface area contributed by atoms with Crippen LogP contribution >= 0.6 is 0 Å². The fourth-order valence-corrected chi connectivity index (χ4v) is 8.76. The lowest BCUT2D eigenvalue weighted by atomic mass is 9.46. The van der Waals surface area contributed by atoms with Crippen molar-refractivity contribution in [3.8, 4) is 0 Å². The smallest absolute Gasteiger partial charge is 0.150 e. The molecule has 4 aliphatic carbocycles. The summed E-state index contributed by atoms with van der Waals surface area (Å²) in [6, 6.07) is 7.96. The van der Waals surface area contributed by atoms with Crippen molar-refractivity contribution >= 4 is 17.9 Å². The summed E-state index contributed by atoms with van der Waals surface area (Å²) in [5.74, 6) is 3.00. The molecule has 1 aromatic carbocycles. The maximum absolute atomic E-state index is 12.8. The summed E-state index contributed by atoms with van der Waals surface area (Å²) in [5.41, 5.74) is 3.78. The van der Waals surface area contributed by atoms with E-state index in [4.69, 9.17) is 0 Å². The number of aryl methyl sites for hydroxylation is 1. The zero-order chi connectivity index (χ0) is 23.2. The molecular formula is C30H38O3. The molecule has 3 heteroatoms. The highest BCUT2D eigenvalue weighted by atomic mass is 16.1. The number of hydrogen-bond acceptors (Lipinski definition) is 3. The number of aldehydes is 1. The van der Waals surface area contributed by atoms with E-state index in [2.05, 4.69) is 25.1 Å². The first-order valence-electron chi connectivity index (χ1n) is 13.1. The van der Waals surface area contributed by atoms with Gasteiger partial charge in [0.2, 0.25) is 0 Å². The number of ketones is 2. The molecule has 5 rings (SSSR count). The first-order valence-corrected chi connectivity index (χ1v) is 13.1. The fourth-order valence-electron chi connectivity index (χ4n) is 8.76. The summed E-state index contributed by atoms with van der Waals surface area (Å²) in [5, 5.41) is 0. The second-order valence-corrected chi connectivity index (χ2v) is 11.7. The molecule has 0 N–H and O–H groups in total. The summed E-state index contributed by atoms with van der Waals surface area (Å²) in [6.07, 6.45) is 14.7. The second-order valence-electron chi connectivity index (χ2n) is 11.7. The van der Waals surface area contributed by atoms with Crippen molar-refractivity contribution in [3.05, 3.63) is 47.0 Å². The van der Waals surface area contributed by atoms with Crippen molar-refractivity contribution in [2.45, 2.75) is 84.5 Å². The third-order valence-corrected chi connectivity index (χ3v) is 10.4. The average molecular weight is 447 g/mol. The number of Topliss-reactive ketones (excluding diaryl/α,β-unsaturated/α-hetero) is 2. The maximum atomic E-state index is 12.8. The van der Waals surface area contributed by atoms with Gasteiger partial charge in [0, 0.05) is 24.3 Å². The van der Waals surface area contributed by atoms with E-state index in [0.29, 0.717) is 35.7 Å². The third kappa shape index (κ3) is 3.76. The van der Waals surface area contributed by atoms with Crippen LogP contribution in [-0.2, 0) is 16.0 Å². The SMILES string of the molecule is CC(=O)[C@H]1CC[C@H]2[C@@H]3CC=C4CC(=O)CC[C@@]4(C)[C@@H]3CC[C@]12CCCc1ccc(C=O)cc1. The van der Waals surface area contributed by atoms with Crippen molar-refractivity contribution in [2.24, 2.45) is 34.5 Å². The molecule has 0 amide bonds. The standard InChI is InChI=1S/C30H38O3/c1-20(32)26-11-12-28-25-10-9-23-18-24(33)13-16-29(23,2)27(25)14-17-30(26,28)15-3-4-21-5-7-22(19-31)8-6-21/h5-9,19,25-28H,3-4,10-18H2,1-2H3/t25-,26-,27-,28+,29-,30-/m1/s1. The number of allylic oxidation sites excluding steroid dienone is 2. The van der Waals surface area contributed by atoms with Gasteiger partial charge in [0.25, 0.3) is 0 Å². The number of rotatable bonds is 6. The van der Waals surface area contributed by atoms with Crippen molar-refractivity contribution in [1.82, 2.24) is 0 Å². The van der Waals surface area contributed by atoms with Crippen LogP contribution in [0.15, 0.2) is 35.9 Å². The molecule has 0 radical (unpaired) electrons. The Labute approximate surface area is 198 Å². The molecule has 0 bridgehead atoms. The molecule has 0 aliphatic heterocycles. The van der Waals surface area contributed by atoms with Gasteiger partial charge in [0.1, 0.15) is 17.9 Å². The summed E-state index contributed by atoms with van der Waals surface area (Å²) in [4.78, 5) is 35.9. The van der Waals surface area contributed by atoms with Crippen LogP contribution in [0.25, 0.3) is 0 Å². The zero-order valence-corrected chi connectivity index (χ0v) is 20.3. The molecule has 0 unspecified atom stereocenters. The number of carbonyl (C=O) groups is 3. The molecule has 33 heavy (non-hydrogen) atoms. The molecule has 6 atom stereocenters. The van der Waals surface area contributed by atoms with E-state index in [1.807, 2.05) is 19.1 Å². The van der Waals surface area contributed by atoms with Crippen LogP contribution in [0.4, 0.5) is 0 Å². The van der Waals surface area contributed by atoms with Gasteiger partial charge in [-0.15, -0.1) is 0 Å². The maximum Gasteiger partial charge on any atom is 0.150 e. The van der Waals surface area contributed by atoms with Gasteiger partial charge in [-0.2, -0.15) is 0 Å². The summed E-state index contributed by atoms with van der Waals surface area (Å²) < 4.78 is 0. The lowest BCUT2D eigenvalue weighted by molar-refractivity contribution is -0.130. The van der Waals surface area contributed by atoms with E-state index in [-0.39, 0.29) is 16.7 Å². The molecule has 3 fully saturated rings. The van der Waals surface area contributed by atoms with Crippen LogP contribution in [0.1, 0.15) is 94.0 Å². The summed E-state index contributed by atoms with van der Waals surface area (Å²) in [7, 11) is 0. The molecule has 4 aliphatic rings. The number of carbonyl (C=O) groups excluding carboxylic acids is 3. The molecule has 0 aromatic heterocycles. The van der Waals surface area contributed by atoms with Gasteiger partial charge in [-0.3, -0.25) is 14.4 Å². The zero-order valence-electron chi connectivity index (χ0n) is 20.3. The normalized spacial score (nSPS) is 37.5. The van der Waals surface area contributed by atoms with E-state index in [9.17, 15) is 14.4 Å². The minimum absolute atomic E-state index is 0.155. The first kappa shape index (κ1) is 22.7. The quantitative estimate of drug-likeness (QED) is 0.368. The van der Waals surface area contributed by atoms with Gasteiger partial charge in [-0.25, -0.2) is 0 Å². The Bertz CT molecular complexity index is 973. The topological polar surface area (TPSA) is 51.2 Å². The van der Waals surface area contributed by atoms with Crippen molar-refractivity contribution < 1.29 is 14.4 Å². The number of hydrogen-bond donors (Lipinski definition) is 0. The highest BCUT2D eigenvalue weighted by Crippen LogP contribution is 2.67. The molecule has 0 spiro atoms. The highest BCUT2D eigenvalue weighted by molar-refractivity contribution is 5.83. The predicted octanol–water partition coefficient (Wildman–Crippen LogP) is 6.54. The van der Waals surface area contributed by atoms with Crippen molar-refractivity contribution in [3.63, 3.8) is 0 Å². The predicted molar refractivity (Wildman–Crippen MR) is 130 cm³/mol. The largest absolute Gasteiger partial charge is 0.300 e. The first-order chi connectivity index (χ1) is 15.9. The van der Waals surface area contributed by atoms with Crippen LogP contribution < -0.4 is 0 Å². The van der Waals surface area contributed by atoms with Gasteiger partial charge in [-0.1, -0.05) is 42.8 Å². The second kappa shape index (κ2) is 8.64. The van der Waals surface area contributed by atoms with Crippen molar-refractivity contribution in [2.75, 3.05) is 0 Å². The van der Waals surface area contributed by atoms with Gasteiger partial charge >= 0.3 is 0 Å². The van der Waals surface area contributed by atoms with Gasteiger partial charge in [-0.05, 0) is 98.9 Å². The molecule has 0 heterocycles. The molecular weight excluding hydrogens is 408 g/mol. The third-order valence-electron chi connectivity index (χ3n) is 10.4. The summed E-state index contributed by atoms with van der Waals surface area (Å²) in [6.45, 7) is 4.27. The minimum atomic E-state index is 0.155. The molecule has 3 nitrogen and oxygen atoms in total. The molecule has 0 saturated heterocycles. The Kier molecular flexibility index (Phi) is 5.95. The van der Waals surface area contributed by atoms with E-state index in [0.717, 1.165) is 56.8 Å². The Balaban J connectivity index is 1.37.